The molecular formula is C22H20BrNO2. The van der Waals surface area contributed by atoms with Crippen LogP contribution in [0.4, 0.5) is 0 Å². The minimum absolute atomic E-state index is 0.515. The van der Waals surface area contributed by atoms with Gasteiger partial charge in [0.05, 0.1) is 6.54 Å². The second kappa shape index (κ2) is 7.52. The second-order valence-corrected chi connectivity index (χ2v) is 7.11. The lowest BCUT2D eigenvalue weighted by Crippen LogP contribution is -2.00. The number of hydrogen-bond donors (Lipinski definition) is 0. The third-order valence-corrected chi connectivity index (χ3v) is 4.91. The highest BCUT2D eigenvalue weighted by molar-refractivity contribution is 9.10. The number of benzene rings is 2. The topological polar surface area (TPSA) is 27.3 Å². The first-order valence-corrected chi connectivity index (χ1v) is 9.53. The van der Waals surface area contributed by atoms with Gasteiger partial charge in [0, 0.05) is 27.7 Å². The summed E-state index contributed by atoms with van der Waals surface area (Å²) in [6, 6.07) is 23.1. The zero-order chi connectivity index (χ0) is 17.9. The van der Waals surface area contributed by atoms with E-state index in [9.17, 15) is 0 Å². The summed E-state index contributed by atoms with van der Waals surface area (Å²) in [5, 5.41) is 1.21. The van der Waals surface area contributed by atoms with Crippen molar-refractivity contribution in [1.82, 2.24) is 4.57 Å². The highest BCUT2D eigenvalue weighted by atomic mass is 79.9. The number of ether oxygens (including phenoxy) is 1. The molecule has 132 valence electrons. The van der Waals surface area contributed by atoms with Gasteiger partial charge in [-0.05, 0) is 48.9 Å². The fraction of sp³-hybridized carbons (Fsp3) is 0.182. The van der Waals surface area contributed by atoms with Gasteiger partial charge in [0.15, 0.2) is 0 Å². The van der Waals surface area contributed by atoms with Crippen LogP contribution in [0, 0.1) is 0 Å². The molecule has 0 fully saturated rings. The molecule has 0 aliphatic heterocycles. The molecule has 0 bridgehead atoms. The normalized spacial score (nSPS) is 11.3. The van der Waals surface area contributed by atoms with E-state index in [4.69, 9.17) is 9.15 Å². The van der Waals surface area contributed by atoms with E-state index in [1.165, 1.54) is 22.2 Å². The van der Waals surface area contributed by atoms with Gasteiger partial charge in [-0.1, -0.05) is 46.3 Å². The van der Waals surface area contributed by atoms with E-state index < -0.39 is 0 Å². The summed E-state index contributed by atoms with van der Waals surface area (Å²) in [6.07, 6.45) is 0. The van der Waals surface area contributed by atoms with Crippen molar-refractivity contribution in [2.75, 3.05) is 6.61 Å². The van der Waals surface area contributed by atoms with Crippen LogP contribution in [0.5, 0.6) is 0 Å². The minimum atomic E-state index is 0.515. The summed E-state index contributed by atoms with van der Waals surface area (Å²) in [5.41, 5.74) is 3.57. The van der Waals surface area contributed by atoms with Crippen LogP contribution >= 0.6 is 15.9 Å². The number of nitrogens with zero attached hydrogens (tertiary/aromatic N) is 1. The molecule has 0 saturated carbocycles. The molecule has 0 aliphatic rings. The molecule has 4 rings (SSSR count). The maximum absolute atomic E-state index is 5.97. The molecule has 0 N–H and O–H groups in total. The SMILES string of the molecule is CCOCc1ccc(Cn2c(-c3ccccc3)cc3cc(Br)ccc32)o1. The molecule has 3 nitrogen and oxygen atoms in total. The first-order chi connectivity index (χ1) is 12.7. The van der Waals surface area contributed by atoms with Crippen LogP contribution < -0.4 is 0 Å². The smallest absolute Gasteiger partial charge is 0.129 e. The van der Waals surface area contributed by atoms with Crippen molar-refractivity contribution in [2.45, 2.75) is 20.1 Å². The Bertz CT molecular complexity index is 1020. The highest BCUT2D eigenvalue weighted by Crippen LogP contribution is 2.31. The van der Waals surface area contributed by atoms with Gasteiger partial charge in [-0.25, -0.2) is 0 Å². The third-order valence-electron chi connectivity index (χ3n) is 4.41. The molecule has 0 radical (unpaired) electrons. The monoisotopic (exact) mass is 409 g/mol. The Morgan fingerprint density at radius 3 is 2.58 bits per heavy atom. The predicted molar refractivity (Wildman–Crippen MR) is 108 cm³/mol. The summed E-state index contributed by atoms with van der Waals surface area (Å²) in [5.74, 6) is 1.79. The van der Waals surface area contributed by atoms with E-state index in [0.29, 0.717) is 19.8 Å². The fourth-order valence-electron chi connectivity index (χ4n) is 3.20. The molecule has 0 amide bonds. The number of aromatic nitrogens is 1. The summed E-state index contributed by atoms with van der Waals surface area (Å²) >= 11 is 3.58. The lowest BCUT2D eigenvalue weighted by atomic mass is 10.1. The van der Waals surface area contributed by atoms with E-state index in [-0.39, 0.29) is 0 Å². The van der Waals surface area contributed by atoms with Gasteiger partial charge in [0.1, 0.15) is 18.1 Å². The molecule has 0 aliphatic carbocycles. The summed E-state index contributed by atoms with van der Waals surface area (Å²) in [4.78, 5) is 0. The largest absolute Gasteiger partial charge is 0.462 e. The van der Waals surface area contributed by atoms with Crippen LogP contribution in [0.25, 0.3) is 22.2 Å². The first kappa shape index (κ1) is 17.1. The Kier molecular flexibility index (Phi) is 4.96. The van der Waals surface area contributed by atoms with Crippen molar-refractivity contribution in [1.29, 1.82) is 0 Å². The zero-order valence-electron chi connectivity index (χ0n) is 14.6. The first-order valence-electron chi connectivity index (χ1n) is 8.74. The molecule has 4 aromatic rings. The van der Waals surface area contributed by atoms with Gasteiger partial charge >= 0.3 is 0 Å². The Balaban J connectivity index is 1.76. The Labute approximate surface area is 161 Å². The van der Waals surface area contributed by atoms with E-state index in [1.807, 2.05) is 25.1 Å². The Hall–Kier alpha value is -2.30. The van der Waals surface area contributed by atoms with Crippen LogP contribution in [0.1, 0.15) is 18.4 Å². The van der Waals surface area contributed by atoms with Crippen molar-refractivity contribution in [3.63, 3.8) is 0 Å². The van der Waals surface area contributed by atoms with Gasteiger partial charge < -0.3 is 13.7 Å². The van der Waals surface area contributed by atoms with Crippen LogP contribution in [0.3, 0.4) is 0 Å². The summed E-state index contributed by atoms with van der Waals surface area (Å²) in [6.45, 7) is 3.87. The second-order valence-electron chi connectivity index (χ2n) is 6.19. The quantitative estimate of drug-likeness (QED) is 0.376. The van der Waals surface area contributed by atoms with Gasteiger partial charge in [0.2, 0.25) is 0 Å². The Morgan fingerprint density at radius 2 is 1.77 bits per heavy atom. The molecule has 4 heteroatoms. The standard InChI is InChI=1S/C22H20BrNO2/c1-2-25-15-20-10-9-19(26-20)14-24-21-11-8-18(23)12-17(21)13-22(24)16-6-4-3-5-7-16/h3-13H,2,14-15H2,1H3. The molecule has 0 saturated heterocycles. The van der Waals surface area contributed by atoms with Crippen LogP contribution in [-0.4, -0.2) is 11.2 Å². The lowest BCUT2D eigenvalue weighted by molar-refractivity contribution is 0.117. The number of halogens is 1. The molecule has 0 unspecified atom stereocenters. The number of rotatable bonds is 6. The van der Waals surface area contributed by atoms with E-state index in [2.05, 4.69) is 69.0 Å². The number of hydrogen-bond acceptors (Lipinski definition) is 2. The average molecular weight is 410 g/mol. The van der Waals surface area contributed by atoms with Crippen LogP contribution in [0.2, 0.25) is 0 Å². The van der Waals surface area contributed by atoms with Crippen molar-refractivity contribution in [3.8, 4) is 11.3 Å². The van der Waals surface area contributed by atoms with Crippen molar-refractivity contribution >= 4 is 26.8 Å². The maximum atomic E-state index is 5.97. The number of fused-ring (bicyclic) bond motifs is 1. The summed E-state index contributed by atoms with van der Waals surface area (Å²) in [7, 11) is 0. The fourth-order valence-corrected chi connectivity index (χ4v) is 3.58. The van der Waals surface area contributed by atoms with Crippen molar-refractivity contribution in [2.24, 2.45) is 0 Å². The zero-order valence-corrected chi connectivity index (χ0v) is 16.2. The molecule has 0 spiro atoms. The van der Waals surface area contributed by atoms with Gasteiger partial charge in [0.25, 0.3) is 0 Å². The molecule has 0 atom stereocenters. The third kappa shape index (κ3) is 3.48. The Morgan fingerprint density at radius 1 is 0.962 bits per heavy atom. The van der Waals surface area contributed by atoms with Crippen molar-refractivity contribution < 1.29 is 9.15 Å². The maximum Gasteiger partial charge on any atom is 0.129 e. The van der Waals surface area contributed by atoms with E-state index in [0.717, 1.165) is 16.0 Å². The van der Waals surface area contributed by atoms with Crippen LogP contribution in [0.15, 0.2) is 75.6 Å². The molecule has 26 heavy (non-hydrogen) atoms. The van der Waals surface area contributed by atoms with Gasteiger partial charge in [-0.15, -0.1) is 0 Å². The molecule has 2 aromatic carbocycles. The number of furan rings is 1. The van der Waals surface area contributed by atoms with E-state index >= 15 is 0 Å². The van der Waals surface area contributed by atoms with E-state index in [1.54, 1.807) is 0 Å². The minimum Gasteiger partial charge on any atom is -0.462 e. The van der Waals surface area contributed by atoms with Gasteiger partial charge in [-0.3, -0.25) is 0 Å². The summed E-state index contributed by atoms with van der Waals surface area (Å²) < 4.78 is 14.8. The molecular weight excluding hydrogens is 390 g/mol. The van der Waals surface area contributed by atoms with Gasteiger partial charge in [-0.2, -0.15) is 0 Å². The van der Waals surface area contributed by atoms with Crippen LogP contribution in [-0.2, 0) is 17.9 Å². The molecule has 2 aromatic heterocycles. The average Bonchev–Trinajstić information content (AvgIpc) is 3.25. The lowest BCUT2D eigenvalue weighted by Gasteiger charge is -2.10. The predicted octanol–water partition coefficient (Wildman–Crippen LogP) is 6.25. The highest BCUT2D eigenvalue weighted by Gasteiger charge is 2.13. The van der Waals surface area contributed by atoms with Crippen molar-refractivity contribution in [3.05, 3.63) is 82.7 Å². The molecule has 2 heterocycles.